The van der Waals surface area contributed by atoms with Gasteiger partial charge in [-0.25, -0.2) is 0 Å². The van der Waals surface area contributed by atoms with Crippen molar-refractivity contribution >= 4 is 23.1 Å². The van der Waals surface area contributed by atoms with E-state index in [0.717, 1.165) is 0 Å². The van der Waals surface area contributed by atoms with Gasteiger partial charge in [-0.3, -0.25) is 0 Å². The first-order valence-corrected chi connectivity index (χ1v) is 12.1. The molecular weight excluding hydrogens is 359 g/mol. The summed E-state index contributed by atoms with van der Waals surface area (Å²) in [6, 6.07) is 31.0. The van der Waals surface area contributed by atoms with Crippen molar-refractivity contribution in [3.8, 4) is 0 Å². The highest BCUT2D eigenvalue weighted by molar-refractivity contribution is 6.95. The van der Waals surface area contributed by atoms with E-state index in [4.69, 9.17) is 0 Å². The van der Waals surface area contributed by atoms with Crippen molar-refractivity contribution in [1.29, 1.82) is 0 Å². The molecule has 0 saturated heterocycles. The molecule has 0 bridgehead atoms. The Morgan fingerprint density at radius 1 is 0.500 bits per heavy atom. The van der Waals surface area contributed by atoms with Crippen LogP contribution in [0.5, 0.6) is 0 Å². The Morgan fingerprint density at radius 3 is 1.53 bits per heavy atom. The number of aryl methyl sites for hydroxylation is 1. The van der Waals surface area contributed by atoms with Crippen LogP contribution in [0.15, 0.2) is 84.9 Å². The standard InChI is InChI=1S/C29H37B/c1-2-3-4-5-6-7-8-9-12-19-26-20-17-18-25-29(26)30(27-21-13-10-14-22-27)28-23-15-11-16-24-28/h10-11,13-18,20-25H,2-9,12,19H2,1H3. The quantitative estimate of drug-likeness (QED) is 0.236. The van der Waals surface area contributed by atoms with Crippen molar-refractivity contribution in [3.63, 3.8) is 0 Å². The lowest BCUT2D eigenvalue weighted by Gasteiger charge is -2.19. The molecule has 0 amide bonds. The van der Waals surface area contributed by atoms with Gasteiger partial charge in [0.25, 0.3) is 0 Å². The molecule has 0 N–H and O–H groups in total. The van der Waals surface area contributed by atoms with E-state index in [1.807, 2.05) is 0 Å². The average Bonchev–Trinajstić information content (AvgIpc) is 2.80. The molecule has 0 nitrogen and oxygen atoms in total. The van der Waals surface area contributed by atoms with Gasteiger partial charge in [-0.2, -0.15) is 0 Å². The summed E-state index contributed by atoms with van der Waals surface area (Å²) in [5.74, 6) is 0. The number of rotatable bonds is 13. The van der Waals surface area contributed by atoms with Crippen LogP contribution in [0.1, 0.15) is 70.3 Å². The fraction of sp³-hybridized carbons (Fsp3) is 0.379. The molecule has 0 aliphatic heterocycles. The Kier molecular flexibility index (Phi) is 9.80. The van der Waals surface area contributed by atoms with E-state index in [1.54, 1.807) is 0 Å². The van der Waals surface area contributed by atoms with E-state index in [0.29, 0.717) is 6.71 Å². The molecule has 1 heteroatoms. The lowest BCUT2D eigenvalue weighted by molar-refractivity contribution is 0.565. The third kappa shape index (κ3) is 6.90. The van der Waals surface area contributed by atoms with Gasteiger partial charge in [0, 0.05) is 0 Å². The molecule has 0 radical (unpaired) electrons. The molecule has 0 unspecified atom stereocenters. The van der Waals surface area contributed by atoms with Crippen molar-refractivity contribution in [2.24, 2.45) is 0 Å². The van der Waals surface area contributed by atoms with Crippen LogP contribution in [0.2, 0.25) is 0 Å². The zero-order chi connectivity index (χ0) is 20.9. The number of unbranched alkanes of at least 4 members (excludes halogenated alkanes) is 8. The molecule has 0 aromatic heterocycles. The minimum atomic E-state index is 0.308. The Hall–Kier alpha value is -2.28. The van der Waals surface area contributed by atoms with Gasteiger partial charge < -0.3 is 0 Å². The minimum absolute atomic E-state index is 0.308. The SMILES string of the molecule is CCCCCCCCCCCc1ccccc1B(c1ccccc1)c1ccccc1. The van der Waals surface area contributed by atoms with Crippen LogP contribution in [0, 0.1) is 0 Å². The van der Waals surface area contributed by atoms with Crippen molar-refractivity contribution in [1.82, 2.24) is 0 Å². The lowest BCUT2D eigenvalue weighted by Crippen LogP contribution is -2.53. The van der Waals surface area contributed by atoms with E-state index >= 15 is 0 Å². The highest BCUT2D eigenvalue weighted by Crippen LogP contribution is 2.12. The maximum Gasteiger partial charge on any atom is 0.241 e. The Bertz CT molecular complexity index is 786. The summed E-state index contributed by atoms with van der Waals surface area (Å²) in [6.45, 7) is 2.60. The first-order valence-electron chi connectivity index (χ1n) is 12.1. The zero-order valence-corrected chi connectivity index (χ0v) is 18.7. The Balaban J connectivity index is 1.64. The predicted octanol–water partition coefficient (Wildman–Crippen LogP) is 6.28. The molecule has 30 heavy (non-hydrogen) atoms. The minimum Gasteiger partial charge on any atom is -0.0687 e. The molecule has 0 fully saturated rings. The second kappa shape index (κ2) is 13.1. The predicted molar refractivity (Wildman–Crippen MR) is 135 cm³/mol. The van der Waals surface area contributed by atoms with Gasteiger partial charge in [-0.1, -0.05) is 165 Å². The third-order valence-corrected chi connectivity index (χ3v) is 6.18. The molecule has 0 spiro atoms. The molecule has 0 heterocycles. The molecule has 3 rings (SSSR count). The molecule has 0 atom stereocenters. The summed E-state index contributed by atoms with van der Waals surface area (Å²) in [5.41, 5.74) is 5.74. The van der Waals surface area contributed by atoms with E-state index in [1.165, 1.54) is 86.2 Å². The van der Waals surface area contributed by atoms with Gasteiger partial charge in [0.15, 0.2) is 0 Å². The van der Waals surface area contributed by atoms with Crippen LogP contribution in [-0.4, -0.2) is 6.71 Å². The van der Waals surface area contributed by atoms with Crippen LogP contribution in [-0.2, 0) is 6.42 Å². The van der Waals surface area contributed by atoms with Gasteiger partial charge in [-0.05, 0) is 12.8 Å². The number of hydrogen-bond acceptors (Lipinski definition) is 0. The second-order valence-corrected chi connectivity index (χ2v) is 8.53. The van der Waals surface area contributed by atoms with Gasteiger partial charge in [0.1, 0.15) is 0 Å². The first-order chi connectivity index (χ1) is 14.9. The molecule has 0 aliphatic carbocycles. The molecule has 3 aromatic rings. The van der Waals surface area contributed by atoms with Crippen molar-refractivity contribution in [3.05, 3.63) is 90.5 Å². The maximum absolute atomic E-state index is 2.35. The lowest BCUT2D eigenvalue weighted by atomic mass is 9.36. The third-order valence-electron chi connectivity index (χ3n) is 6.18. The molecule has 3 aromatic carbocycles. The maximum atomic E-state index is 2.35. The summed E-state index contributed by atoms with van der Waals surface area (Å²) < 4.78 is 0. The highest BCUT2D eigenvalue weighted by Gasteiger charge is 2.23. The first kappa shape index (κ1) is 22.4. The van der Waals surface area contributed by atoms with Crippen LogP contribution >= 0.6 is 0 Å². The Morgan fingerprint density at radius 2 is 0.967 bits per heavy atom. The van der Waals surface area contributed by atoms with E-state index in [2.05, 4.69) is 91.9 Å². The summed E-state index contributed by atoms with van der Waals surface area (Å²) in [4.78, 5) is 0. The fourth-order valence-corrected chi connectivity index (χ4v) is 4.51. The van der Waals surface area contributed by atoms with Gasteiger partial charge >= 0.3 is 0 Å². The zero-order valence-electron chi connectivity index (χ0n) is 18.7. The highest BCUT2D eigenvalue weighted by atomic mass is 14.1. The molecule has 0 aliphatic rings. The smallest absolute Gasteiger partial charge is 0.0687 e. The van der Waals surface area contributed by atoms with E-state index < -0.39 is 0 Å². The summed E-state index contributed by atoms with van der Waals surface area (Å²) >= 11 is 0. The second-order valence-electron chi connectivity index (χ2n) is 8.53. The molecular formula is C29H37B. The monoisotopic (exact) mass is 396 g/mol. The van der Waals surface area contributed by atoms with Crippen LogP contribution in [0.4, 0.5) is 0 Å². The van der Waals surface area contributed by atoms with Crippen LogP contribution < -0.4 is 16.4 Å². The van der Waals surface area contributed by atoms with Crippen LogP contribution in [0.25, 0.3) is 0 Å². The number of hydrogen-bond donors (Lipinski definition) is 0. The van der Waals surface area contributed by atoms with Gasteiger partial charge in [0.2, 0.25) is 6.71 Å². The molecule has 0 saturated carbocycles. The summed E-state index contributed by atoms with van der Waals surface area (Å²) in [6.07, 6.45) is 13.6. The van der Waals surface area contributed by atoms with Crippen LogP contribution in [0.3, 0.4) is 0 Å². The van der Waals surface area contributed by atoms with Gasteiger partial charge in [-0.15, -0.1) is 0 Å². The van der Waals surface area contributed by atoms with Crippen molar-refractivity contribution in [2.75, 3.05) is 0 Å². The topological polar surface area (TPSA) is 0 Å². The average molecular weight is 396 g/mol. The van der Waals surface area contributed by atoms with Crippen molar-refractivity contribution in [2.45, 2.75) is 71.1 Å². The largest absolute Gasteiger partial charge is 0.241 e. The van der Waals surface area contributed by atoms with Gasteiger partial charge in [0.05, 0.1) is 0 Å². The van der Waals surface area contributed by atoms with Crippen molar-refractivity contribution < 1.29 is 0 Å². The molecule has 156 valence electrons. The Labute approximate surface area is 184 Å². The summed E-state index contributed by atoms with van der Waals surface area (Å²) in [5, 5.41) is 0. The fourth-order valence-electron chi connectivity index (χ4n) is 4.51. The normalized spacial score (nSPS) is 10.8. The van der Waals surface area contributed by atoms with E-state index in [-0.39, 0.29) is 0 Å². The summed E-state index contributed by atoms with van der Waals surface area (Å²) in [7, 11) is 0. The van der Waals surface area contributed by atoms with E-state index in [9.17, 15) is 0 Å². The number of benzene rings is 3.